The lowest BCUT2D eigenvalue weighted by atomic mass is 10.2. The van der Waals surface area contributed by atoms with Crippen LogP contribution in [0.5, 0.6) is 0 Å². The fourth-order valence-electron chi connectivity index (χ4n) is 2.49. The van der Waals surface area contributed by atoms with E-state index < -0.39 is 5.25 Å². The Morgan fingerprint density at radius 2 is 2.27 bits per heavy atom. The van der Waals surface area contributed by atoms with Crippen LogP contribution in [-0.4, -0.2) is 36.2 Å². The number of thioether (sulfide) groups is 1. The van der Waals surface area contributed by atoms with E-state index in [-0.39, 0.29) is 36.7 Å². The molecule has 0 spiro atoms. The van der Waals surface area contributed by atoms with E-state index in [0.717, 1.165) is 24.4 Å². The first kappa shape index (κ1) is 17.4. The number of halogens is 2. The summed E-state index contributed by atoms with van der Waals surface area (Å²) in [5.41, 5.74) is 0.717. The Morgan fingerprint density at radius 3 is 3.00 bits per heavy atom. The van der Waals surface area contributed by atoms with Crippen LogP contribution in [0.1, 0.15) is 12.8 Å². The van der Waals surface area contributed by atoms with Gasteiger partial charge in [0.15, 0.2) is 0 Å². The summed E-state index contributed by atoms with van der Waals surface area (Å²) in [6, 6.07) is 5.56. The van der Waals surface area contributed by atoms with Crippen molar-refractivity contribution in [3.05, 3.63) is 23.2 Å². The standard InChI is InChI=1S/C14H16ClN3O2S.ClH/c15-8-1-2-11-10(5-8)18-14(20)12(21-11)6-13(19)17-9-3-4-16-7-9;/h1-2,5,9,12,16H,3-4,6-7H2,(H,17,19)(H,18,20);1H. The van der Waals surface area contributed by atoms with Gasteiger partial charge in [-0.3, -0.25) is 9.59 Å². The monoisotopic (exact) mass is 361 g/mol. The second-order valence-electron chi connectivity index (χ2n) is 5.20. The lowest BCUT2D eigenvalue weighted by Gasteiger charge is -2.24. The molecule has 2 atom stereocenters. The van der Waals surface area contributed by atoms with E-state index in [1.54, 1.807) is 12.1 Å². The first-order chi connectivity index (χ1) is 10.1. The van der Waals surface area contributed by atoms with Crippen molar-refractivity contribution in [2.75, 3.05) is 18.4 Å². The first-order valence-electron chi connectivity index (χ1n) is 6.89. The Bertz CT molecular complexity index is 579. The topological polar surface area (TPSA) is 70.2 Å². The average molecular weight is 362 g/mol. The van der Waals surface area contributed by atoms with Gasteiger partial charge in [0.2, 0.25) is 11.8 Å². The lowest BCUT2D eigenvalue weighted by Crippen LogP contribution is -2.40. The summed E-state index contributed by atoms with van der Waals surface area (Å²) >= 11 is 7.32. The molecule has 1 aromatic carbocycles. The molecule has 5 nitrogen and oxygen atoms in total. The minimum Gasteiger partial charge on any atom is -0.352 e. The summed E-state index contributed by atoms with van der Waals surface area (Å²) in [6.07, 6.45) is 1.13. The van der Waals surface area contributed by atoms with Gasteiger partial charge in [-0.05, 0) is 31.2 Å². The number of anilines is 1. The molecule has 2 aliphatic heterocycles. The molecule has 2 heterocycles. The van der Waals surface area contributed by atoms with Gasteiger partial charge in [0.05, 0.1) is 10.9 Å². The van der Waals surface area contributed by atoms with Gasteiger partial charge in [0.1, 0.15) is 0 Å². The highest BCUT2D eigenvalue weighted by molar-refractivity contribution is 8.01. The predicted octanol–water partition coefficient (Wildman–Crippen LogP) is 2.04. The van der Waals surface area contributed by atoms with E-state index in [1.165, 1.54) is 11.8 Å². The molecular weight excluding hydrogens is 345 g/mol. The quantitative estimate of drug-likeness (QED) is 0.770. The fraction of sp³-hybridized carbons (Fsp3) is 0.429. The van der Waals surface area contributed by atoms with Gasteiger partial charge in [0.25, 0.3) is 0 Å². The van der Waals surface area contributed by atoms with Gasteiger partial charge in [-0.15, -0.1) is 24.2 Å². The number of carbonyl (C=O) groups excluding carboxylic acids is 2. The highest BCUT2D eigenvalue weighted by atomic mass is 35.5. The molecule has 120 valence electrons. The minimum atomic E-state index is -0.395. The third kappa shape index (κ3) is 4.07. The maximum absolute atomic E-state index is 12.1. The van der Waals surface area contributed by atoms with Crippen LogP contribution in [-0.2, 0) is 9.59 Å². The number of carbonyl (C=O) groups is 2. The Kier molecular flexibility index (Phi) is 5.97. The van der Waals surface area contributed by atoms with E-state index in [4.69, 9.17) is 11.6 Å². The number of nitrogens with one attached hydrogen (secondary N) is 3. The van der Waals surface area contributed by atoms with E-state index in [1.807, 2.05) is 6.07 Å². The molecule has 0 aliphatic carbocycles. The van der Waals surface area contributed by atoms with Gasteiger partial charge >= 0.3 is 0 Å². The SMILES string of the molecule is Cl.O=C(CC1Sc2ccc(Cl)cc2NC1=O)NC1CCNC1. The van der Waals surface area contributed by atoms with Crippen molar-refractivity contribution >= 4 is 53.3 Å². The summed E-state index contributed by atoms with van der Waals surface area (Å²) < 4.78 is 0. The highest BCUT2D eigenvalue weighted by Crippen LogP contribution is 2.38. The van der Waals surface area contributed by atoms with Gasteiger partial charge in [-0.1, -0.05) is 11.6 Å². The van der Waals surface area contributed by atoms with Gasteiger partial charge in [0, 0.05) is 28.9 Å². The summed E-state index contributed by atoms with van der Waals surface area (Å²) in [5.74, 6) is -0.219. The van der Waals surface area contributed by atoms with E-state index in [2.05, 4.69) is 16.0 Å². The number of amides is 2. The molecule has 1 saturated heterocycles. The zero-order valence-corrected chi connectivity index (χ0v) is 14.1. The zero-order chi connectivity index (χ0) is 14.8. The van der Waals surface area contributed by atoms with E-state index >= 15 is 0 Å². The van der Waals surface area contributed by atoms with Crippen molar-refractivity contribution < 1.29 is 9.59 Å². The van der Waals surface area contributed by atoms with Crippen molar-refractivity contribution in [1.29, 1.82) is 0 Å². The summed E-state index contributed by atoms with van der Waals surface area (Å²) in [5, 5.41) is 9.16. The second-order valence-corrected chi connectivity index (χ2v) is 6.88. The molecular formula is C14H17Cl2N3O2S. The fourth-order valence-corrected chi connectivity index (χ4v) is 3.75. The predicted molar refractivity (Wildman–Crippen MR) is 91.0 cm³/mol. The molecule has 1 fully saturated rings. The third-order valence-electron chi connectivity index (χ3n) is 3.56. The highest BCUT2D eigenvalue weighted by Gasteiger charge is 2.30. The zero-order valence-electron chi connectivity index (χ0n) is 11.7. The summed E-state index contributed by atoms with van der Waals surface area (Å²) in [6.45, 7) is 1.73. The van der Waals surface area contributed by atoms with Crippen LogP contribution in [0.2, 0.25) is 5.02 Å². The number of hydrogen-bond donors (Lipinski definition) is 3. The summed E-state index contributed by atoms with van der Waals surface area (Å²) in [7, 11) is 0. The number of rotatable bonds is 3. The maximum Gasteiger partial charge on any atom is 0.238 e. The Hall–Kier alpha value is -0.950. The molecule has 2 aliphatic rings. The normalized spacial score (nSPS) is 23.2. The molecule has 1 aromatic rings. The largest absolute Gasteiger partial charge is 0.352 e. The molecule has 22 heavy (non-hydrogen) atoms. The van der Waals surface area contributed by atoms with Crippen LogP contribution in [0, 0.1) is 0 Å². The maximum atomic E-state index is 12.1. The average Bonchev–Trinajstić information content (AvgIpc) is 2.92. The van der Waals surface area contributed by atoms with Crippen LogP contribution in [0.15, 0.2) is 23.1 Å². The van der Waals surface area contributed by atoms with Crippen molar-refractivity contribution in [1.82, 2.24) is 10.6 Å². The first-order valence-corrected chi connectivity index (χ1v) is 8.15. The molecule has 2 amide bonds. The van der Waals surface area contributed by atoms with Crippen LogP contribution in [0.3, 0.4) is 0 Å². The lowest BCUT2D eigenvalue weighted by molar-refractivity contribution is -0.124. The number of benzene rings is 1. The van der Waals surface area contributed by atoms with Crippen LogP contribution in [0.25, 0.3) is 0 Å². The van der Waals surface area contributed by atoms with Crippen molar-refractivity contribution in [2.24, 2.45) is 0 Å². The Morgan fingerprint density at radius 1 is 1.45 bits per heavy atom. The molecule has 2 unspecified atom stereocenters. The van der Waals surface area contributed by atoms with Crippen LogP contribution < -0.4 is 16.0 Å². The summed E-state index contributed by atoms with van der Waals surface area (Å²) in [4.78, 5) is 25.0. The van der Waals surface area contributed by atoms with E-state index in [9.17, 15) is 9.59 Å². The second kappa shape index (κ2) is 7.55. The van der Waals surface area contributed by atoms with Gasteiger partial charge in [-0.25, -0.2) is 0 Å². The van der Waals surface area contributed by atoms with Crippen molar-refractivity contribution in [2.45, 2.75) is 29.0 Å². The van der Waals surface area contributed by atoms with Crippen molar-refractivity contribution in [3.8, 4) is 0 Å². The number of fused-ring (bicyclic) bond motifs is 1. The van der Waals surface area contributed by atoms with E-state index in [0.29, 0.717) is 10.7 Å². The molecule has 0 aromatic heterocycles. The number of hydrogen-bond acceptors (Lipinski definition) is 4. The molecule has 0 radical (unpaired) electrons. The molecule has 0 saturated carbocycles. The smallest absolute Gasteiger partial charge is 0.238 e. The van der Waals surface area contributed by atoms with Crippen molar-refractivity contribution in [3.63, 3.8) is 0 Å². The van der Waals surface area contributed by atoms with Gasteiger partial charge < -0.3 is 16.0 Å². The Balaban J connectivity index is 0.00000176. The molecule has 0 bridgehead atoms. The van der Waals surface area contributed by atoms with Crippen LogP contribution >= 0.6 is 35.8 Å². The molecule has 3 rings (SSSR count). The van der Waals surface area contributed by atoms with Crippen LogP contribution in [0.4, 0.5) is 5.69 Å². The Labute approximate surface area is 144 Å². The molecule has 3 N–H and O–H groups in total. The van der Waals surface area contributed by atoms with Gasteiger partial charge in [-0.2, -0.15) is 0 Å². The minimum absolute atomic E-state index is 0. The molecule has 8 heteroatoms. The third-order valence-corrected chi connectivity index (χ3v) is 5.07.